The second-order valence-corrected chi connectivity index (χ2v) is 8.18. The van der Waals surface area contributed by atoms with Crippen molar-refractivity contribution in [3.63, 3.8) is 0 Å². The average Bonchev–Trinajstić information content (AvgIpc) is 2.74. The van der Waals surface area contributed by atoms with Crippen molar-refractivity contribution in [2.24, 2.45) is 5.92 Å². The molecule has 0 spiro atoms. The Morgan fingerprint density at radius 3 is 2.23 bits per heavy atom. The number of ether oxygens (including phenoxy) is 1. The smallest absolute Gasteiger partial charge is 0.313 e. The summed E-state index contributed by atoms with van der Waals surface area (Å²) < 4.78 is 5.62. The van der Waals surface area contributed by atoms with E-state index in [1.165, 1.54) is 18.2 Å². The molecule has 2 fully saturated rings. The van der Waals surface area contributed by atoms with Crippen molar-refractivity contribution >= 4 is 29.1 Å². The molecule has 162 valence electrons. The van der Waals surface area contributed by atoms with Crippen molar-refractivity contribution in [3.05, 3.63) is 63.2 Å². The molecule has 1 heterocycles. The minimum atomic E-state index is -0.561. The number of rotatable bonds is 5. The van der Waals surface area contributed by atoms with Crippen molar-refractivity contribution in [2.45, 2.75) is 19.3 Å². The average molecular weight is 444 g/mol. The number of halogens is 1. The molecule has 1 saturated carbocycles. The summed E-state index contributed by atoms with van der Waals surface area (Å²) >= 11 is 5.82. The summed E-state index contributed by atoms with van der Waals surface area (Å²) in [6.45, 7) is 2.13. The van der Waals surface area contributed by atoms with E-state index in [0.717, 1.165) is 19.3 Å². The Morgan fingerprint density at radius 2 is 1.65 bits per heavy atom. The number of amides is 2. The highest BCUT2D eigenvalue weighted by atomic mass is 35.5. The van der Waals surface area contributed by atoms with E-state index >= 15 is 0 Å². The SMILES string of the molecule is O=C(c1ccc(Oc2ccc(Cl)cc2[N+](=O)[O-])cc1)N1CCN(C(=O)C2CCC2)CC1. The fourth-order valence-corrected chi connectivity index (χ4v) is 3.90. The maximum Gasteiger partial charge on any atom is 0.313 e. The van der Waals surface area contributed by atoms with Gasteiger partial charge in [0.05, 0.1) is 4.92 Å². The van der Waals surface area contributed by atoms with Gasteiger partial charge in [0.1, 0.15) is 5.75 Å². The highest BCUT2D eigenvalue weighted by Gasteiger charge is 2.32. The maximum absolute atomic E-state index is 12.8. The van der Waals surface area contributed by atoms with Crippen LogP contribution in [0.3, 0.4) is 0 Å². The number of hydrogen-bond donors (Lipinski definition) is 0. The van der Waals surface area contributed by atoms with Crippen molar-refractivity contribution < 1.29 is 19.2 Å². The van der Waals surface area contributed by atoms with E-state index in [9.17, 15) is 19.7 Å². The van der Waals surface area contributed by atoms with E-state index < -0.39 is 4.92 Å². The fourth-order valence-electron chi connectivity index (χ4n) is 3.74. The molecule has 0 aromatic heterocycles. The van der Waals surface area contributed by atoms with Crippen molar-refractivity contribution in [2.75, 3.05) is 26.2 Å². The number of benzene rings is 2. The van der Waals surface area contributed by atoms with Gasteiger partial charge >= 0.3 is 5.69 Å². The van der Waals surface area contributed by atoms with Gasteiger partial charge in [-0.1, -0.05) is 18.0 Å². The number of carbonyl (C=O) groups excluding carboxylic acids is 2. The highest BCUT2D eigenvalue weighted by molar-refractivity contribution is 6.30. The predicted molar refractivity (Wildman–Crippen MR) is 114 cm³/mol. The van der Waals surface area contributed by atoms with Crippen LogP contribution < -0.4 is 4.74 Å². The molecule has 2 aromatic rings. The van der Waals surface area contributed by atoms with Gasteiger partial charge in [-0.05, 0) is 49.2 Å². The van der Waals surface area contributed by atoms with Gasteiger partial charge in [0, 0.05) is 48.7 Å². The van der Waals surface area contributed by atoms with Crippen LogP contribution in [0.1, 0.15) is 29.6 Å². The van der Waals surface area contributed by atoms with Crippen molar-refractivity contribution in [1.29, 1.82) is 0 Å². The third-order valence-corrected chi connectivity index (χ3v) is 6.01. The Morgan fingerprint density at radius 1 is 1.00 bits per heavy atom. The van der Waals surface area contributed by atoms with Crippen LogP contribution in [0.2, 0.25) is 5.02 Å². The Balaban J connectivity index is 1.37. The van der Waals surface area contributed by atoms with Gasteiger partial charge in [-0.15, -0.1) is 0 Å². The minimum absolute atomic E-state index is 0.0701. The Hall–Kier alpha value is -3.13. The van der Waals surface area contributed by atoms with Crippen LogP contribution >= 0.6 is 11.6 Å². The zero-order valence-corrected chi connectivity index (χ0v) is 17.6. The number of nitrogens with zero attached hydrogens (tertiary/aromatic N) is 3. The Kier molecular flexibility index (Phi) is 6.08. The lowest BCUT2D eigenvalue weighted by atomic mass is 9.84. The number of hydrogen-bond acceptors (Lipinski definition) is 5. The van der Waals surface area contributed by atoms with Crippen LogP contribution in [0.4, 0.5) is 5.69 Å². The molecule has 9 heteroatoms. The van der Waals surface area contributed by atoms with E-state index in [0.29, 0.717) is 37.5 Å². The number of nitro groups is 1. The molecule has 0 bridgehead atoms. The second kappa shape index (κ2) is 8.93. The first kappa shape index (κ1) is 21.1. The van der Waals surface area contributed by atoms with Crippen LogP contribution in [0.25, 0.3) is 0 Å². The molecule has 2 aliphatic rings. The zero-order chi connectivity index (χ0) is 22.0. The molecular weight excluding hydrogens is 422 g/mol. The third kappa shape index (κ3) is 4.64. The summed E-state index contributed by atoms with van der Waals surface area (Å²) in [5.41, 5.74) is 0.263. The Labute approximate surface area is 184 Å². The summed E-state index contributed by atoms with van der Waals surface area (Å²) in [4.78, 5) is 39.4. The molecule has 4 rings (SSSR count). The van der Waals surface area contributed by atoms with Gasteiger partial charge in [-0.3, -0.25) is 19.7 Å². The summed E-state index contributed by atoms with van der Waals surface area (Å²) in [5.74, 6) is 0.723. The molecule has 1 aliphatic carbocycles. The van der Waals surface area contributed by atoms with Crippen LogP contribution in [0.5, 0.6) is 11.5 Å². The van der Waals surface area contributed by atoms with Crippen molar-refractivity contribution in [3.8, 4) is 11.5 Å². The van der Waals surface area contributed by atoms with E-state index in [4.69, 9.17) is 16.3 Å². The van der Waals surface area contributed by atoms with Gasteiger partial charge in [-0.2, -0.15) is 0 Å². The summed E-state index contributed by atoms with van der Waals surface area (Å²) in [6, 6.07) is 10.6. The molecular formula is C22H22ClN3O5. The summed E-state index contributed by atoms with van der Waals surface area (Å²) in [7, 11) is 0. The van der Waals surface area contributed by atoms with Crippen LogP contribution in [-0.2, 0) is 4.79 Å². The van der Waals surface area contributed by atoms with Crippen LogP contribution in [0, 0.1) is 16.0 Å². The lowest BCUT2D eigenvalue weighted by molar-refractivity contribution is -0.385. The normalized spacial score (nSPS) is 16.5. The summed E-state index contributed by atoms with van der Waals surface area (Å²) in [5, 5.41) is 11.4. The molecule has 0 radical (unpaired) electrons. The van der Waals surface area contributed by atoms with E-state index in [2.05, 4.69) is 0 Å². The molecule has 0 atom stereocenters. The number of carbonyl (C=O) groups is 2. The van der Waals surface area contributed by atoms with Gasteiger partial charge in [-0.25, -0.2) is 0 Å². The predicted octanol–water partition coefficient (Wildman–Crippen LogP) is 4.13. The quantitative estimate of drug-likeness (QED) is 0.511. The molecule has 31 heavy (non-hydrogen) atoms. The largest absolute Gasteiger partial charge is 0.450 e. The highest BCUT2D eigenvalue weighted by Crippen LogP contribution is 2.33. The van der Waals surface area contributed by atoms with E-state index in [1.54, 1.807) is 29.2 Å². The Bertz CT molecular complexity index is 999. The van der Waals surface area contributed by atoms with Crippen LogP contribution in [-0.4, -0.2) is 52.7 Å². The van der Waals surface area contributed by atoms with Gasteiger partial charge in [0.25, 0.3) is 5.91 Å². The standard InChI is InChI=1S/C22H22ClN3O5/c23-17-6-9-20(19(14-17)26(29)30)31-18-7-4-16(5-8-18)22(28)25-12-10-24(11-13-25)21(27)15-2-1-3-15/h4-9,14-15H,1-3,10-13H2. The molecule has 1 saturated heterocycles. The maximum atomic E-state index is 12.8. The van der Waals surface area contributed by atoms with Gasteiger partial charge in [0.15, 0.2) is 0 Å². The summed E-state index contributed by atoms with van der Waals surface area (Å²) in [6.07, 6.45) is 3.08. The first-order chi connectivity index (χ1) is 14.9. The van der Waals surface area contributed by atoms with E-state index in [-0.39, 0.29) is 34.2 Å². The van der Waals surface area contributed by atoms with Crippen molar-refractivity contribution in [1.82, 2.24) is 9.80 Å². The molecule has 1 aliphatic heterocycles. The molecule has 8 nitrogen and oxygen atoms in total. The van der Waals surface area contributed by atoms with Crippen LogP contribution in [0.15, 0.2) is 42.5 Å². The van der Waals surface area contributed by atoms with Gasteiger partial charge in [0.2, 0.25) is 11.7 Å². The first-order valence-electron chi connectivity index (χ1n) is 10.2. The lowest BCUT2D eigenvalue weighted by Crippen LogP contribution is -2.52. The fraction of sp³-hybridized carbons (Fsp3) is 0.364. The molecule has 0 N–H and O–H groups in total. The monoisotopic (exact) mass is 443 g/mol. The second-order valence-electron chi connectivity index (χ2n) is 7.74. The number of nitro benzene ring substituents is 1. The zero-order valence-electron chi connectivity index (χ0n) is 16.8. The van der Waals surface area contributed by atoms with E-state index in [1.807, 2.05) is 4.90 Å². The van der Waals surface area contributed by atoms with Gasteiger partial charge < -0.3 is 14.5 Å². The first-order valence-corrected chi connectivity index (χ1v) is 10.6. The molecule has 2 aromatic carbocycles. The lowest BCUT2D eigenvalue weighted by Gasteiger charge is -2.38. The number of piperazine rings is 1. The topological polar surface area (TPSA) is 93.0 Å². The third-order valence-electron chi connectivity index (χ3n) is 5.78. The minimum Gasteiger partial charge on any atom is -0.450 e. The molecule has 2 amide bonds. The molecule has 0 unspecified atom stereocenters.